The number of ketones is 1. The summed E-state index contributed by atoms with van der Waals surface area (Å²) in [4.78, 5) is 27.0. The first-order valence-electron chi connectivity index (χ1n) is 7.07. The topological polar surface area (TPSA) is 90.4 Å². The number of allylic oxidation sites excluding steroid dienone is 1. The maximum absolute atomic E-state index is 12.3. The summed E-state index contributed by atoms with van der Waals surface area (Å²) in [5, 5.41) is 19.9. The summed E-state index contributed by atoms with van der Waals surface area (Å²) in [7, 11) is 0. The Balaban J connectivity index is 2.04. The van der Waals surface area contributed by atoms with Gasteiger partial charge in [0.2, 0.25) is 5.76 Å². The lowest BCUT2D eigenvalue weighted by atomic mass is 10.0. The maximum Gasteiger partial charge on any atom is 0.371 e. The lowest BCUT2D eigenvalue weighted by Crippen LogP contribution is -2.04. The monoisotopic (exact) mass is 339 g/mol. The lowest BCUT2D eigenvalue weighted by Gasteiger charge is -2.05. The van der Waals surface area contributed by atoms with Crippen LogP contribution in [0.25, 0.3) is 21.7 Å². The Morgan fingerprint density at radius 3 is 2.50 bits per heavy atom. The van der Waals surface area contributed by atoms with Gasteiger partial charge in [0.15, 0.2) is 5.78 Å². The molecule has 0 aliphatic carbocycles. The van der Waals surface area contributed by atoms with Crippen LogP contribution in [-0.2, 0) is 4.79 Å². The quantitative estimate of drug-likeness (QED) is 0.370. The Morgan fingerprint density at radius 2 is 1.79 bits per heavy atom. The third-order valence-corrected chi connectivity index (χ3v) is 4.43. The standard InChI is InChI=1S/C18H13NO4S/c20-14(10-15(21)18(22)23)12-6-8-19-16(12)13-7-9-24-17(13)11-4-2-1-3-5-11/h1-10,19,21H,(H,22,23). The molecule has 2 heterocycles. The van der Waals surface area contributed by atoms with E-state index in [0.29, 0.717) is 17.3 Å². The van der Waals surface area contributed by atoms with Gasteiger partial charge in [-0.05, 0) is 23.1 Å². The number of aliphatic hydroxyl groups is 1. The Labute approximate surface area is 141 Å². The van der Waals surface area contributed by atoms with E-state index in [-0.39, 0.29) is 0 Å². The Kier molecular flexibility index (Phi) is 4.31. The number of rotatable bonds is 5. The number of carboxylic acid groups (broad SMARTS) is 1. The summed E-state index contributed by atoms with van der Waals surface area (Å²) in [5.74, 6) is -3.10. The molecule has 0 aliphatic heterocycles. The minimum absolute atomic E-state index is 0.304. The molecule has 1 aromatic carbocycles. The van der Waals surface area contributed by atoms with Gasteiger partial charge in [0.25, 0.3) is 0 Å². The van der Waals surface area contributed by atoms with Crippen molar-refractivity contribution in [3.8, 4) is 21.7 Å². The van der Waals surface area contributed by atoms with Crippen LogP contribution in [0.5, 0.6) is 0 Å². The number of hydrogen-bond donors (Lipinski definition) is 3. The van der Waals surface area contributed by atoms with Crippen LogP contribution < -0.4 is 0 Å². The summed E-state index contributed by atoms with van der Waals surface area (Å²) in [5.41, 5.74) is 2.77. The highest BCUT2D eigenvalue weighted by Crippen LogP contribution is 2.37. The second kappa shape index (κ2) is 6.55. The smallest absolute Gasteiger partial charge is 0.371 e. The zero-order valence-electron chi connectivity index (χ0n) is 12.4. The van der Waals surface area contributed by atoms with Gasteiger partial charge in [-0.1, -0.05) is 30.3 Å². The van der Waals surface area contributed by atoms with Gasteiger partial charge in [-0.2, -0.15) is 0 Å². The molecule has 0 fully saturated rings. The fourth-order valence-corrected chi connectivity index (χ4v) is 3.29. The summed E-state index contributed by atoms with van der Waals surface area (Å²) in [6, 6.07) is 13.2. The van der Waals surface area contributed by atoms with Gasteiger partial charge < -0.3 is 15.2 Å². The highest BCUT2D eigenvalue weighted by molar-refractivity contribution is 7.14. The number of carboxylic acids is 1. The van der Waals surface area contributed by atoms with Crippen molar-refractivity contribution >= 4 is 23.1 Å². The van der Waals surface area contributed by atoms with Gasteiger partial charge >= 0.3 is 5.97 Å². The summed E-state index contributed by atoms with van der Waals surface area (Å²) < 4.78 is 0. The minimum atomic E-state index is -1.54. The van der Waals surface area contributed by atoms with E-state index in [4.69, 9.17) is 5.11 Å². The third-order valence-electron chi connectivity index (χ3n) is 3.47. The third kappa shape index (κ3) is 3.00. The number of thiophene rings is 1. The Hall–Kier alpha value is -3.12. The van der Waals surface area contributed by atoms with Crippen LogP contribution in [0.2, 0.25) is 0 Å². The molecule has 0 saturated heterocycles. The summed E-state index contributed by atoms with van der Waals surface area (Å²) in [6.45, 7) is 0. The largest absolute Gasteiger partial charge is 0.502 e. The van der Waals surface area contributed by atoms with Crippen LogP contribution in [0, 0.1) is 0 Å². The fraction of sp³-hybridized carbons (Fsp3) is 0. The molecule has 0 saturated carbocycles. The van der Waals surface area contributed by atoms with E-state index in [2.05, 4.69) is 4.98 Å². The number of aliphatic hydroxyl groups excluding tert-OH is 1. The van der Waals surface area contributed by atoms with Crippen molar-refractivity contribution in [2.45, 2.75) is 0 Å². The number of H-pyrrole nitrogens is 1. The molecule has 0 aliphatic rings. The molecule has 3 rings (SSSR count). The SMILES string of the molecule is O=C(O)C(O)=CC(=O)c1cc[nH]c1-c1ccsc1-c1ccccc1. The molecule has 6 heteroatoms. The van der Waals surface area contributed by atoms with Crippen LogP contribution in [0.1, 0.15) is 10.4 Å². The predicted octanol–water partition coefficient (Wildman–Crippen LogP) is 4.12. The molecule has 0 radical (unpaired) electrons. The first-order valence-corrected chi connectivity index (χ1v) is 7.95. The number of aliphatic carboxylic acids is 1. The minimum Gasteiger partial charge on any atom is -0.502 e. The first kappa shape index (κ1) is 15.8. The number of benzene rings is 1. The highest BCUT2D eigenvalue weighted by atomic mass is 32.1. The van der Waals surface area contributed by atoms with Crippen LogP contribution >= 0.6 is 11.3 Å². The van der Waals surface area contributed by atoms with E-state index in [9.17, 15) is 14.7 Å². The molecule has 3 N–H and O–H groups in total. The normalized spacial score (nSPS) is 11.4. The average Bonchev–Trinajstić information content (AvgIpc) is 3.24. The maximum atomic E-state index is 12.3. The van der Waals surface area contributed by atoms with Gasteiger partial charge in [-0.15, -0.1) is 11.3 Å². The fourth-order valence-electron chi connectivity index (χ4n) is 2.38. The van der Waals surface area contributed by atoms with Crippen molar-refractivity contribution in [2.75, 3.05) is 0 Å². The van der Waals surface area contributed by atoms with Gasteiger partial charge in [0.05, 0.1) is 5.69 Å². The van der Waals surface area contributed by atoms with Crippen molar-refractivity contribution in [3.05, 3.63) is 71.4 Å². The molecular formula is C18H13NO4S. The predicted molar refractivity (Wildman–Crippen MR) is 92.2 cm³/mol. The van der Waals surface area contributed by atoms with E-state index < -0.39 is 17.5 Å². The number of carbonyl (C=O) groups excluding carboxylic acids is 1. The summed E-state index contributed by atoms with van der Waals surface area (Å²) in [6.07, 6.45) is 2.32. The average molecular weight is 339 g/mol. The van der Waals surface area contributed by atoms with Gasteiger partial charge in [-0.25, -0.2) is 4.79 Å². The van der Waals surface area contributed by atoms with E-state index in [1.54, 1.807) is 23.6 Å². The van der Waals surface area contributed by atoms with Gasteiger partial charge in [0.1, 0.15) is 0 Å². The van der Waals surface area contributed by atoms with E-state index >= 15 is 0 Å². The molecule has 120 valence electrons. The molecule has 5 nitrogen and oxygen atoms in total. The number of hydrogen-bond acceptors (Lipinski definition) is 4. The van der Waals surface area contributed by atoms with Gasteiger partial charge in [-0.3, -0.25) is 4.79 Å². The Morgan fingerprint density at radius 1 is 1.04 bits per heavy atom. The second-order valence-electron chi connectivity index (χ2n) is 4.99. The molecule has 0 atom stereocenters. The lowest BCUT2D eigenvalue weighted by molar-refractivity contribution is -0.135. The molecule has 0 unspecified atom stereocenters. The number of aromatic nitrogens is 1. The van der Waals surface area contributed by atoms with Crippen LogP contribution in [0.3, 0.4) is 0 Å². The van der Waals surface area contributed by atoms with Gasteiger partial charge in [0, 0.05) is 28.3 Å². The molecule has 0 amide bonds. The van der Waals surface area contributed by atoms with Crippen molar-refractivity contribution < 1.29 is 19.8 Å². The van der Waals surface area contributed by atoms with E-state index in [1.807, 2.05) is 41.8 Å². The molecule has 24 heavy (non-hydrogen) atoms. The first-order chi connectivity index (χ1) is 11.6. The number of carbonyl (C=O) groups is 2. The Bertz CT molecular complexity index is 921. The highest BCUT2D eigenvalue weighted by Gasteiger charge is 2.18. The van der Waals surface area contributed by atoms with Crippen molar-refractivity contribution in [2.24, 2.45) is 0 Å². The number of aromatic amines is 1. The second-order valence-corrected chi connectivity index (χ2v) is 5.91. The van der Waals surface area contributed by atoms with E-state index in [0.717, 1.165) is 16.0 Å². The molecule has 0 spiro atoms. The zero-order chi connectivity index (χ0) is 17.1. The van der Waals surface area contributed by atoms with E-state index in [1.165, 1.54) is 0 Å². The van der Waals surface area contributed by atoms with Crippen LogP contribution in [0.15, 0.2) is 65.9 Å². The van der Waals surface area contributed by atoms with Crippen LogP contribution in [0.4, 0.5) is 0 Å². The van der Waals surface area contributed by atoms with Crippen molar-refractivity contribution in [3.63, 3.8) is 0 Å². The zero-order valence-corrected chi connectivity index (χ0v) is 13.2. The molecule has 2 aromatic heterocycles. The summed E-state index contributed by atoms with van der Waals surface area (Å²) >= 11 is 1.55. The number of nitrogens with one attached hydrogen (secondary N) is 1. The molecular weight excluding hydrogens is 326 g/mol. The van der Waals surface area contributed by atoms with Crippen molar-refractivity contribution in [1.29, 1.82) is 0 Å². The molecule has 0 bridgehead atoms. The van der Waals surface area contributed by atoms with Crippen LogP contribution in [-0.4, -0.2) is 26.9 Å². The molecule has 3 aromatic rings. The van der Waals surface area contributed by atoms with Crippen molar-refractivity contribution in [1.82, 2.24) is 4.98 Å².